The first-order valence-electron chi connectivity index (χ1n) is 15.1. The van der Waals surface area contributed by atoms with E-state index in [0.29, 0.717) is 0 Å². The van der Waals surface area contributed by atoms with Crippen LogP contribution in [0.5, 0.6) is 0 Å². The minimum Gasteiger partial charge on any atom is -0.654 e. The first-order chi connectivity index (χ1) is 23.4. The standard InChI is InChI=1S/2C18H13N5O.2Pt/c2*1-22-6-14(19-9-22)11-4-3-5-12-16(11)21-17-13(8-24-18(12)17)15-7-23(2)10-20-15;;/h2*3-8,10H,1-2H3;;/q2*-2;2*+2. The van der Waals surface area contributed by atoms with Crippen LogP contribution in [0.15, 0.2) is 95.2 Å². The Kier molecular flexibility index (Phi) is 8.62. The summed E-state index contributed by atoms with van der Waals surface area (Å²) >= 11 is 0. The first kappa shape index (κ1) is 33.3. The minimum atomic E-state index is 0. The summed E-state index contributed by atoms with van der Waals surface area (Å²) in [6, 6.07) is 12.1. The normalized spacial score (nSPS) is 11.3. The van der Waals surface area contributed by atoms with Crippen LogP contribution in [-0.4, -0.2) is 38.2 Å². The van der Waals surface area contributed by atoms with E-state index in [2.05, 4.69) is 32.6 Å². The average molecular weight is 1020 g/mol. The van der Waals surface area contributed by atoms with E-state index in [4.69, 9.17) is 18.8 Å². The molecule has 0 aliphatic carbocycles. The van der Waals surface area contributed by atoms with Crippen molar-refractivity contribution in [1.82, 2.24) is 48.2 Å². The van der Waals surface area contributed by atoms with Gasteiger partial charge in [-0.15, -0.1) is 23.4 Å². The van der Waals surface area contributed by atoms with Gasteiger partial charge in [-0.05, 0) is 14.1 Å². The van der Waals surface area contributed by atoms with Gasteiger partial charge in [0.05, 0.1) is 36.6 Å². The first-order valence-corrected chi connectivity index (χ1v) is 15.1. The van der Waals surface area contributed by atoms with Crippen LogP contribution in [0.1, 0.15) is 0 Å². The number of benzene rings is 2. The van der Waals surface area contributed by atoms with Gasteiger partial charge in [-0.3, -0.25) is 0 Å². The summed E-state index contributed by atoms with van der Waals surface area (Å²) in [5, 5.41) is 1.96. The molecule has 50 heavy (non-hydrogen) atoms. The van der Waals surface area contributed by atoms with Crippen LogP contribution < -0.4 is 9.97 Å². The molecule has 10 rings (SSSR count). The van der Waals surface area contributed by atoms with Gasteiger partial charge < -0.3 is 47.0 Å². The molecular formula is C36H26N10O2Pt2. The van der Waals surface area contributed by atoms with Crippen LogP contribution in [-0.2, 0) is 70.3 Å². The fourth-order valence-electron chi connectivity index (χ4n) is 6.11. The summed E-state index contributed by atoms with van der Waals surface area (Å²) in [7, 11) is 7.69. The van der Waals surface area contributed by atoms with Crippen LogP contribution in [0.25, 0.3) is 89.0 Å². The predicted molar refractivity (Wildman–Crippen MR) is 181 cm³/mol. The van der Waals surface area contributed by atoms with Gasteiger partial charge in [-0.25, -0.2) is 9.97 Å². The zero-order chi connectivity index (χ0) is 32.5. The summed E-state index contributed by atoms with van der Waals surface area (Å²) in [5.74, 6) is 0. The van der Waals surface area contributed by atoms with E-state index >= 15 is 0 Å². The van der Waals surface area contributed by atoms with Gasteiger partial charge in [0.2, 0.25) is 0 Å². The minimum absolute atomic E-state index is 0. The number of hydrogen-bond donors (Lipinski definition) is 0. The fourth-order valence-corrected chi connectivity index (χ4v) is 6.11. The number of furan rings is 2. The third-order valence-electron chi connectivity index (χ3n) is 8.34. The topological polar surface area (TPSA) is 126 Å². The molecule has 12 nitrogen and oxygen atoms in total. The molecule has 0 fully saturated rings. The van der Waals surface area contributed by atoms with Gasteiger partial charge in [0.1, 0.15) is 11.2 Å². The molecule has 0 aliphatic heterocycles. The molecular weight excluding hydrogens is 995 g/mol. The van der Waals surface area contributed by atoms with Crippen molar-refractivity contribution in [3.63, 3.8) is 0 Å². The smallest absolute Gasteiger partial charge is 0.654 e. The molecule has 0 unspecified atom stereocenters. The SMILES string of the molecule is Cn1[c-]nc(-c2cccc3c2[n-]c2c(-c4cn(C)cn4)coc23)c1.Cn1[c-]nc(-c2cccc3c2[n-]c2c(-c4cn(C)cn4)coc23)c1.[Pt+2].[Pt+2]. The number of aromatic nitrogens is 10. The largest absolute Gasteiger partial charge is 2.00 e. The number of aryl methyl sites for hydroxylation is 4. The maximum atomic E-state index is 5.82. The van der Waals surface area contributed by atoms with Crippen LogP contribution >= 0.6 is 0 Å². The van der Waals surface area contributed by atoms with E-state index in [1.807, 2.05) is 98.5 Å². The zero-order valence-electron chi connectivity index (χ0n) is 27.0. The maximum absolute atomic E-state index is 5.82. The zero-order valence-corrected chi connectivity index (χ0v) is 31.5. The number of imidazole rings is 4. The van der Waals surface area contributed by atoms with E-state index in [-0.39, 0.29) is 42.1 Å². The Bertz CT molecular complexity index is 2570. The van der Waals surface area contributed by atoms with Gasteiger partial charge in [0.25, 0.3) is 0 Å². The van der Waals surface area contributed by atoms with Gasteiger partial charge in [-0.1, -0.05) is 69.9 Å². The van der Waals surface area contributed by atoms with Crippen molar-refractivity contribution in [2.75, 3.05) is 0 Å². The van der Waals surface area contributed by atoms with E-state index in [0.717, 1.165) is 89.0 Å². The Labute approximate surface area is 313 Å². The van der Waals surface area contributed by atoms with Gasteiger partial charge in [0.15, 0.2) is 0 Å². The molecule has 0 bridgehead atoms. The Morgan fingerprint density at radius 2 is 0.980 bits per heavy atom. The van der Waals surface area contributed by atoms with Crippen molar-refractivity contribution in [3.8, 4) is 45.0 Å². The second kappa shape index (κ2) is 12.9. The average Bonchev–Trinajstić information content (AvgIpc) is 3.91. The van der Waals surface area contributed by atoms with E-state index in [1.54, 1.807) is 34.3 Å². The molecule has 8 aromatic heterocycles. The molecule has 0 N–H and O–H groups in total. The number of para-hydroxylation sites is 2. The molecule has 0 saturated heterocycles. The summed E-state index contributed by atoms with van der Waals surface area (Å²) in [5.41, 5.74) is 12.2. The Hall–Kier alpha value is -5.18. The predicted octanol–water partition coefficient (Wildman–Crippen LogP) is 6.28. The van der Waals surface area contributed by atoms with Gasteiger partial charge >= 0.3 is 42.1 Å². The number of nitrogens with zero attached hydrogens (tertiary/aromatic N) is 10. The monoisotopic (exact) mass is 1020 g/mol. The van der Waals surface area contributed by atoms with Gasteiger partial charge in [-0.2, -0.15) is 0 Å². The van der Waals surface area contributed by atoms with Crippen LogP contribution in [0, 0.1) is 12.7 Å². The van der Waals surface area contributed by atoms with Crippen molar-refractivity contribution in [3.05, 3.63) is 99.0 Å². The quantitative estimate of drug-likeness (QED) is 0.189. The van der Waals surface area contributed by atoms with E-state index < -0.39 is 0 Å². The van der Waals surface area contributed by atoms with Crippen LogP contribution in [0.2, 0.25) is 0 Å². The molecule has 0 saturated carbocycles. The second-order valence-electron chi connectivity index (χ2n) is 11.8. The van der Waals surface area contributed by atoms with Gasteiger partial charge in [0, 0.05) is 61.0 Å². The number of rotatable bonds is 4. The second-order valence-corrected chi connectivity index (χ2v) is 11.8. The van der Waals surface area contributed by atoms with Crippen molar-refractivity contribution < 1.29 is 51.0 Å². The number of hydrogen-bond acceptors (Lipinski definition) is 6. The molecule has 0 spiro atoms. The summed E-state index contributed by atoms with van der Waals surface area (Å²) < 4.78 is 19.1. The molecule has 10 aromatic rings. The molecule has 8 heterocycles. The van der Waals surface area contributed by atoms with Crippen LogP contribution in [0.3, 0.4) is 0 Å². The molecule has 0 radical (unpaired) electrons. The summed E-state index contributed by atoms with van der Waals surface area (Å²) in [6.45, 7) is 0. The van der Waals surface area contributed by atoms with Crippen molar-refractivity contribution in [2.24, 2.45) is 28.2 Å². The van der Waals surface area contributed by atoms with E-state index in [1.165, 1.54) is 0 Å². The van der Waals surface area contributed by atoms with Crippen molar-refractivity contribution >= 4 is 44.0 Å². The molecule has 0 atom stereocenters. The molecule has 2 aromatic carbocycles. The van der Waals surface area contributed by atoms with Crippen molar-refractivity contribution in [2.45, 2.75) is 0 Å². The van der Waals surface area contributed by atoms with Crippen molar-refractivity contribution in [1.29, 1.82) is 0 Å². The Morgan fingerprint density at radius 1 is 0.540 bits per heavy atom. The third-order valence-corrected chi connectivity index (χ3v) is 8.34. The van der Waals surface area contributed by atoms with Crippen LogP contribution in [0.4, 0.5) is 0 Å². The third kappa shape index (κ3) is 5.49. The molecule has 0 amide bonds. The fraction of sp³-hybridized carbons (Fsp3) is 0.111. The Morgan fingerprint density at radius 3 is 1.34 bits per heavy atom. The maximum Gasteiger partial charge on any atom is 2.00 e. The Balaban J connectivity index is 0.000000151. The molecule has 0 aliphatic rings. The van der Waals surface area contributed by atoms with E-state index in [9.17, 15) is 0 Å². The summed E-state index contributed by atoms with van der Waals surface area (Å²) in [6.07, 6.45) is 20.6. The number of fused-ring (bicyclic) bond motifs is 6. The molecule has 252 valence electrons. The summed E-state index contributed by atoms with van der Waals surface area (Å²) in [4.78, 5) is 27.1. The molecule has 14 heteroatoms.